The molecule has 1 saturated heterocycles. The Kier molecular flexibility index (Phi) is 7.54. The summed E-state index contributed by atoms with van der Waals surface area (Å²) >= 11 is 0. The number of nitrogens with one attached hydrogen (secondary N) is 2. The number of aliphatic hydroxyl groups excluding tert-OH is 2. The summed E-state index contributed by atoms with van der Waals surface area (Å²) in [5.74, 6) is 0.341. The number of carbonyl (C=O) groups is 2. The number of anilines is 1. The lowest BCUT2D eigenvalue weighted by Gasteiger charge is -2.33. The van der Waals surface area contributed by atoms with Gasteiger partial charge < -0.3 is 25.7 Å². The molecule has 9 nitrogen and oxygen atoms in total. The van der Waals surface area contributed by atoms with Crippen molar-refractivity contribution in [3.05, 3.63) is 59.3 Å². The molecule has 3 heterocycles. The van der Waals surface area contributed by atoms with Crippen LogP contribution in [0.3, 0.4) is 0 Å². The molecule has 4 rings (SSSR count). The van der Waals surface area contributed by atoms with E-state index in [2.05, 4.69) is 15.6 Å². The Bertz CT molecular complexity index is 963. The molecule has 1 aromatic carbocycles. The number of β-amino-alcohol motifs (C(OH)–C–C–N with tert-alkyl or cyclic N) is 2. The van der Waals surface area contributed by atoms with Crippen LogP contribution in [-0.4, -0.2) is 82.2 Å². The molecule has 2 aliphatic heterocycles. The summed E-state index contributed by atoms with van der Waals surface area (Å²) in [6.45, 7) is 2.99. The summed E-state index contributed by atoms with van der Waals surface area (Å²) in [6, 6.07) is 11.3. The highest BCUT2D eigenvalue weighted by Gasteiger charge is 2.25. The molecule has 9 heteroatoms. The summed E-state index contributed by atoms with van der Waals surface area (Å²) < 4.78 is 0. The van der Waals surface area contributed by atoms with Gasteiger partial charge in [0.1, 0.15) is 5.82 Å². The van der Waals surface area contributed by atoms with Crippen LogP contribution >= 0.6 is 0 Å². The van der Waals surface area contributed by atoms with Crippen LogP contribution in [0.15, 0.2) is 42.6 Å². The highest BCUT2D eigenvalue weighted by molar-refractivity contribution is 5.94. The number of benzene rings is 1. The van der Waals surface area contributed by atoms with Gasteiger partial charge in [0.2, 0.25) is 6.41 Å². The highest BCUT2D eigenvalue weighted by Crippen LogP contribution is 2.26. The first kappa shape index (κ1) is 23.2. The number of amides is 2. The number of nitrogens with zero attached hydrogens (tertiary/aromatic N) is 3. The molecule has 0 bridgehead atoms. The summed E-state index contributed by atoms with van der Waals surface area (Å²) in [6.07, 6.45) is 2.79. The Morgan fingerprint density at radius 2 is 2.03 bits per heavy atom. The van der Waals surface area contributed by atoms with E-state index in [0.717, 1.165) is 30.4 Å². The molecule has 1 fully saturated rings. The molecule has 2 amide bonds. The van der Waals surface area contributed by atoms with E-state index >= 15 is 0 Å². The zero-order valence-electron chi connectivity index (χ0n) is 18.6. The van der Waals surface area contributed by atoms with Crippen LogP contribution in [0.4, 0.5) is 5.82 Å². The predicted octanol–water partition coefficient (Wildman–Crippen LogP) is 0.754. The van der Waals surface area contributed by atoms with Crippen LogP contribution in [0.2, 0.25) is 0 Å². The molecule has 1 aromatic heterocycles. The largest absolute Gasteiger partial charge is 0.390 e. The van der Waals surface area contributed by atoms with E-state index in [4.69, 9.17) is 0 Å². The molecule has 2 atom stereocenters. The van der Waals surface area contributed by atoms with Crippen LogP contribution in [-0.2, 0) is 11.3 Å². The monoisotopic (exact) mass is 453 g/mol. The van der Waals surface area contributed by atoms with Gasteiger partial charge in [0.05, 0.1) is 12.2 Å². The van der Waals surface area contributed by atoms with Gasteiger partial charge in [-0.1, -0.05) is 24.3 Å². The van der Waals surface area contributed by atoms with Crippen LogP contribution in [0.1, 0.15) is 40.4 Å². The number of fused-ring (bicyclic) bond motifs is 1. The minimum atomic E-state index is -0.756. The second-order valence-corrected chi connectivity index (χ2v) is 8.76. The molecular formula is C24H31N5O4. The average Bonchev–Trinajstić information content (AvgIpc) is 2.83. The van der Waals surface area contributed by atoms with Gasteiger partial charge in [0, 0.05) is 57.1 Å². The molecular weight excluding hydrogens is 422 g/mol. The first-order valence-electron chi connectivity index (χ1n) is 11.4. The fourth-order valence-corrected chi connectivity index (χ4v) is 4.47. The van der Waals surface area contributed by atoms with E-state index in [1.807, 2.05) is 29.2 Å². The molecule has 2 aliphatic rings. The third kappa shape index (κ3) is 6.07. The molecule has 0 radical (unpaired) electrons. The van der Waals surface area contributed by atoms with Crippen molar-refractivity contribution in [1.29, 1.82) is 0 Å². The number of carbonyl (C=O) groups excluding carboxylic acids is 2. The van der Waals surface area contributed by atoms with Crippen molar-refractivity contribution < 1.29 is 19.8 Å². The van der Waals surface area contributed by atoms with Crippen molar-refractivity contribution in [3.63, 3.8) is 0 Å². The first-order valence-corrected chi connectivity index (χ1v) is 11.4. The summed E-state index contributed by atoms with van der Waals surface area (Å²) in [4.78, 5) is 31.5. The van der Waals surface area contributed by atoms with Crippen molar-refractivity contribution in [3.8, 4) is 0 Å². The lowest BCUT2D eigenvalue weighted by Crippen LogP contribution is -2.43. The lowest BCUT2D eigenvalue weighted by molar-refractivity contribution is -0.118. The van der Waals surface area contributed by atoms with Gasteiger partial charge in [-0.3, -0.25) is 14.5 Å². The second-order valence-electron chi connectivity index (χ2n) is 8.76. The van der Waals surface area contributed by atoms with Gasteiger partial charge >= 0.3 is 0 Å². The fraction of sp³-hybridized carbons (Fsp3) is 0.458. The molecule has 0 spiro atoms. The van der Waals surface area contributed by atoms with Crippen molar-refractivity contribution in [2.45, 2.75) is 37.6 Å². The molecule has 2 aromatic rings. The maximum absolute atomic E-state index is 12.6. The molecule has 0 aliphatic carbocycles. The Morgan fingerprint density at radius 1 is 1.24 bits per heavy atom. The molecule has 2 unspecified atom stereocenters. The SMILES string of the molecule is O=CN1CCC(Nc2cc(C(=O)NCC(O)CN3Cc4ccccc4C(O)C3)ccn2)CC1. The number of aromatic nitrogens is 1. The minimum Gasteiger partial charge on any atom is -0.390 e. The number of piperidine rings is 1. The van der Waals surface area contributed by atoms with Crippen LogP contribution in [0, 0.1) is 0 Å². The van der Waals surface area contributed by atoms with Gasteiger partial charge in [0.15, 0.2) is 0 Å². The summed E-state index contributed by atoms with van der Waals surface area (Å²) in [7, 11) is 0. The third-order valence-electron chi connectivity index (χ3n) is 6.26. The zero-order chi connectivity index (χ0) is 23.2. The molecule has 176 valence electrons. The Balaban J connectivity index is 1.25. The highest BCUT2D eigenvalue weighted by atomic mass is 16.3. The van der Waals surface area contributed by atoms with Crippen LogP contribution < -0.4 is 10.6 Å². The minimum absolute atomic E-state index is 0.113. The van der Waals surface area contributed by atoms with Crippen molar-refractivity contribution in [1.82, 2.24) is 20.1 Å². The van der Waals surface area contributed by atoms with Gasteiger partial charge in [-0.15, -0.1) is 0 Å². The van der Waals surface area contributed by atoms with Gasteiger partial charge in [0.25, 0.3) is 5.91 Å². The lowest BCUT2D eigenvalue weighted by atomic mass is 9.97. The smallest absolute Gasteiger partial charge is 0.251 e. The Hall–Kier alpha value is -3.01. The summed E-state index contributed by atoms with van der Waals surface area (Å²) in [5, 5.41) is 26.9. The van der Waals surface area contributed by atoms with Gasteiger partial charge in [-0.25, -0.2) is 4.98 Å². The second kappa shape index (κ2) is 10.7. The van der Waals surface area contributed by atoms with Crippen molar-refractivity contribution >= 4 is 18.1 Å². The topological polar surface area (TPSA) is 118 Å². The number of likely N-dealkylation sites (tertiary alicyclic amines) is 1. The number of pyridine rings is 1. The van der Waals surface area contributed by atoms with E-state index in [0.29, 0.717) is 44.1 Å². The summed E-state index contributed by atoms with van der Waals surface area (Å²) in [5.41, 5.74) is 2.46. The van der Waals surface area contributed by atoms with E-state index < -0.39 is 12.2 Å². The number of rotatable bonds is 8. The van der Waals surface area contributed by atoms with E-state index in [1.54, 1.807) is 23.2 Å². The van der Waals surface area contributed by atoms with E-state index in [1.165, 1.54) is 0 Å². The Morgan fingerprint density at radius 3 is 2.82 bits per heavy atom. The molecule has 33 heavy (non-hydrogen) atoms. The maximum atomic E-state index is 12.6. The fourth-order valence-electron chi connectivity index (χ4n) is 4.47. The zero-order valence-corrected chi connectivity index (χ0v) is 18.6. The van der Waals surface area contributed by atoms with E-state index in [-0.39, 0.29) is 18.5 Å². The van der Waals surface area contributed by atoms with Crippen molar-refractivity contribution in [2.75, 3.05) is 38.0 Å². The van der Waals surface area contributed by atoms with E-state index in [9.17, 15) is 19.8 Å². The van der Waals surface area contributed by atoms with Crippen molar-refractivity contribution in [2.24, 2.45) is 0 Å². The standard InChI is InChI=1S/C24H31N5O4/c30-16-28-9-6-19(7-10-28)27-23-11-17(5-8-25-23)24(33)26-12-20(31)14-29-13-18-3-1-2-4-21(18)22(32)15-29/h1-5,8,11,16,19-20,22,31-32H,6-7,9-10,12-15H2,(H,25,27)(H,26,33). The number of hydrogen-bond acceptors (Lipinski definition) is 7. The number of hydrogen-bond donors (Lipinski definition) is 4. The average molecular weight is 454 g/mol. The number of aliphatic hydroxyl groups is 2. The predicted molar refractivity (Wildman–Crippen MR) is 124 cm³/mol. The first-order chi connectivity index (χ1) is 16.0. The molecule has 4 N–H and O–H groups in total. The van der Waals surface area contributed by atoms with Gasteiger partial charge in [-0.05, 0) is 36.1 Å². The normalized spacial score (nSPS) is 20.1. The maximum Gasteiger partial charge on any atom is 0.251 e. The quantitative estimate of drug-likeness (QED) is 0.436. The third-order valence-corrected chi connectivity index (χ3v) is 6.26. The van der Waals surface area contributed by atoms with Crippen LogP contribution in [0.5, 0.6) is 0 Å². The van der Waals surface area contributed by atoms with Gasteiger partial charge in [-0.2, -0.15) is 0 Å². The molecule has 0 saturated carbocycles. The van der Waals surface area contributed by atoms with Crippen LogP contribution in [0.25, 0.3) is 0 Å². The Labute approximate surface area is 193 Å².